The van der Waals surface area contributed by atoms with Crippen LogP contribution in [0.1, 0.15) is 24.3 Å². The van der Waals surface area contributed by atoms with E-state index < -0.39 is 0 Å². The van der Waals surface area contributed by atoms with Crippen LogP contribution in [0.2, 0.25) is 0 Å². The van der Waals surface area contributed by atoms with Crippen LogP contribution in [-0.2, 0) is 0 Å². The van der Waals surface area contributed by atoms with Crippen LogP contribution in [0.25, 0.3) is 0 Å². The molecule has 12 heavy (non-hydrogen) atoms. The fraction of sp³-hybridized carbons (Fsp3) is 0.400. The Labute approximate surface area is 71.1 Å². The summed E-state index contributed by atoms with van der Waals surface area (Å²) in [5.41, 5.74) is 1.40. The van der Waals surface area contributed by atoms with Gasteiger partial charge in [0.2, 0.25) is 6.79 Å². The van der Waals surface area contributed by atoms with Crippen molar-refractivity contribution in [3.05, 3.63) is 23.8 Å². The second-order valence-electron chi connectivity index (χ2n) is 3.39. The van der Waals surface area contributed by atoms with Crippen molar-refractivity contribution in [2.45, 2.75) is 18.8 Å². The van der Waals surface area contributed by atoms with Crippen LogP contribution in [0.15, 0.2) is 18.2 Å². The van der Waals surface area contributed by atoms with Crippen LogP contribution in [-0.4, -0.2) is 6.79 Å². The number of benzene rings is 1. The molecule has 1 aromatic carbocycles. The van der Waals surface area contributed by atoms with Gasteiger partial charge < -0.3 is 9.47 Å². The highest BCUT2D eigenvalue weighted by Crippen LogP contribution is 2.43. The molecule has 0 unspecified atom stereocenters. The Morgan fingerprint density at radius 2 is 1.92 bits per heavy atom. The molecule has 2 nitrogen and oxygen atoms in total. The van der Waals surface area contributed by atoms with Crippen LogP contribution in [0, 0.1) is 0 Å². The first-order valence-electron chi connectivity index (χ1n) is 4.33. The number of hydrogen-bond acceptors (Lipinski definition) is 2. The summed E-state index contributed by atoms with van der Waals surface area (Å²) in [6.07, 6.45) is 2.67. The van der Waals surface area contributed by atoms with Crippen LogP contribution in [0.5, 0.6) is 11.5 Å². The van der Waals surface area contributed by atoms with Crippen molar-refractivity contribution >= 4 is 0 Å². The van der Waals surface area contributed by atoms with E-state index in [1.165, 1.54) is 18.4 Å². The first kappa shape index (κ1) is 6.35. The molecular weight excluding hydrogens is 152 g/mol. The maximum absolute atomic E-state index is 5.29. The van der Waals surface area contributed by atoms with Crippen molar-refractivity contribution in [1.29, 1.82) is 0 Å². The van der Waals surface area contributed by atoms with Gasteiger partial charge in [0.25, 0.3) is 0 Å². The van der Waals surface area contributed by atoms with Crippen molar-refractivity contribution in [2.75, 3.05) is 6.79 Å². The molecule has 0 atom stereocenters. The van der Waals surface area contributed by atoms with Gasteiger partial charge in [-0.1, -0.05) is 6.07 Å². The molecule has 62 valence electrons. The van der Waals surface area contributed by atoms with Crippen molar-refractivity contribution in [3.63, 3.8) is 0 Å². The molecule has 0 saturated heterocycles. The summed E-state index contributed by atoms with van der Waals surface area (Å²) in [5.74, 6) is 2.60. The molecule has 0 bridgehead atoms. The second kappa shape index (κ2) is 2.16. The van der Waals surface area contributed by atoms with Crippen LogP contribution in [0.3, 0.4) is 0 Å². The molecule has 3 rings (SSSR count). The highest BCUT2D eigenvalue weighted by Gasteiger charge is 2.25. The molecule has 0 N–H and O–H groups in total. The summed E-state index contributed by atoms with van der Waals surface area (Å²) in [7, 11) is 0. The topological polar surface area (TPSA) is 18.5 Å². The third-order valence-corrected chi connectivity index (χ3v) is 2.45. The molecule has 0 spiro atoms. The van der Waals surface area contributed by atoms with Crippen molar-refractivity contribution in [2.24, 2.45) is 0 Å². The summed E-state index contributed by atoms with van der Waals surface area (Å²) in [5, 5.41) is 0. The molecule has 0 amide bonds. The van der Waals surface area contributed by atoms with Gasteiger partial charge in [-0.25, -0.2) is 0 Å². The maximum Gasteiger partial charge on any atom is 0.231 e. The van der Waals surface area contributed by atoms with Crippen molar-refractivity contribution < 1.29 is 9.47 Å². The molecule has 0 aromatic heterocycles. The van der Waals surface area contributed by atoms with Gasteiger partial charge >= 0.3 is 0 Å². The van der Waals surface area contributed by atoms with Gasteiger partial charge in [0.1, 0.15) is 0 Å². The van der Waals surface area contributed by atoms with E-state index in [9.17, 15) is 0 Å². The van der Waals surface area contributed by atoms with Gasteiger partial charge in [0.15, 0.2) is 11.5 Å². The molecule has 1 aliphatic heterocycles. The largest absolute Gasteiger partial charge is 0.454 e. The smallest absolute Gasteiger partial charge is 0.231 e. The Morgan fingerprint density at radius 1 is 1.08 bits per heavy atom. The van der Waals surface area contributed by atoms with Crippen LogP contribution >= 0.6 is 0 Å². The zero-order chi connectivity index (χ0) is 7.97. The predicted octanol–water partition coefficient (Wildman–Crippen LogP) is 2.29. The third kappa shape index (κ3) is 0.876. The van der Waals surface area contributed by atoms with E-state index in [4.69, 9.17) is 9.47 Å². The minimum atomic E-state index is 0.378. The minimum Gasteiger partial charge on any atom is -0.454 e. The second-order valence-corrected chi connectivity index (χ2v) is 3.39. The molecule has 1 saturated carbocycles. The van der Waals surface area contributed by atoms with E-state index >= 15 is 0 Å². The highest BCUT2D eigenvalue weighted by atomic mass is 16.7. The summed E-state index contributed by atoms with van der Waals surface area (Å²) < 4.78 is 10.5. The van der Waals surface area contributed by atoms with Crippen LogP contribution in [0.4, 0.5) is 0 Å². The Hall–Kier alpha value is -1.18. The summed E-state index contributed by atoms with van der Waals surface area (Å²) in [6, 6.07) is 6.27. The summed E-state index contributed by atoms with van der Waals surface area (Å²) >= 11 is 0. The molecule has 2 aliphatic rings. The maximum atomic E-state index is 5.29. The SMILES string of the molecule is c1cc2c(cc1C1CC1)OCO2. The van der Waals surface area contributed by atoms with Gasteiger partial charge in [-0.15, -0.1) is 0 Å². The monoisotopic (exact) mass is 162 g/mol. The lowest BCUT2D eigenvalue weighted by Gasteiger charge is -1.99. The fourth-order valence-corrected chi connectivity index (χ4v) is 1.58. The zero-order valence-electron chi connectivity index (χ0n) is 6.75. The number of fused-ring (bicyclic) bond motifs is 1. The number of hydrogen-bond donors (Lipinski definition) is 0. The first-order valence-corrected chi connectivity index (χ1v) is 4.33. The zero-order valence-corrected chi connectivity index (χ0v) is 6.75. The molecule has 1 aliphatic carbocycles. The molecule has 2 heteroatoms. The average Bonchev–Trinajstić information content (AvgIpc) is 2.84. The Kier molecular flexibility index (Phi) is 1.14. The molecular formula is C10H10O2. The van der Waals surface area contributed by atoms with Gasteiger partial charge in [0, 0.05) is 0 Å². The third-order valence-electron chi connectivity index (χ3n) is 2.45. The van der Waals surface area contributed by atoms with E-state index in [0.717, 1.165) is 17.4 Å². The molecule has 0 radical (unpaired) electrons. The normalized spacial score (nSPS) is 19.7. The molecule has 1 aromatic rings. The fourth-order valence-electron chi connectivity index (χ4n) is 1.58. The van der Waals surface area contributed by atoms with Crippen molar-refractivity contribution in [1.82, 2.24) is 0 Å². The van der Waals surface area contributed by atoms with Crippen LogP contribution < -0.4 is 9.47 Å². The van der Waals surface area contributed by atoms with E-state index in [-0.39, 0.29) is 0 Å². The molecule has 1 heterocycles. The first-order chi connectivity index (χ1) is 5.93. The minimum absolute atomic E-state index is 0.378. The lowest BCUT2D eigenvalue weighted by atomic mass is 10.1. The van der Waals surface area contributed by atoms with E-state index in [1.807, 2.05) is 6.07 Å². The summed E-state index contributed by atoms with van der Waals surface area (Å²) in [6.45, 7) is 0.378. The Balaban J connectivity index is 2.03. The standard InChI is InChI=1S/C10H10O2/c1-2-7(1)8-3-4-9-10(5-8)12-6-11-9/h3-5,7H,1-2,6H2. The lowest BCUT2D eigenvalue weighted by Crippen LogP contribution is -1.92. The van der Waals surface area contributed by atoms with E-state index in [2.05, 4.69) is 12.1 Å². The van der Waals surface area contributed by atoms with Gasteiger partial charge in [-0.3, -0.25) is 0 Å². The van der Waals surface area contributed by atoms with Crippen molar-refractivity contribution in [3.8, 4) is 11.5 Å². The quantitative estimate of drug-likeness (QED) is 0.630. The lowest BCUT2D eigenvalue weighted by molar-refractivity contribution is 0.174. The van der Waals surface area contributed by atoms with E-state index in [0.29, 0.717) is 6.79 Å². The summed E-state index contributed by atoms with van der Waals surface area (Å²) in [4.78, 5) is 0. The predicted molar refractivity (Wildman–Crippen MR) is 44.5 cm³/mol. The van der Waals surface area contributed by atoms with Gasteiger partial charge in [-0.2, -0.15) is 0 Å². The number of rotatable bonds is 1. The van der Waals surface area contributed by atoms with E-state index in [1.54, 1.807) is 0 Å². The molecule has 1 fully saturated rings. The Morgan fingerprint density at radius 3 is 2.75 bits per heavy atom. The highest BCUT2D eigenvalue weighted by molar-refractivity contribution is 5.46. The van der Waals surface area contributed by atoms with Gasteiger partial charge in [0.05, 0.1) is 0 Å². The average molecular weight is 162 g/mol. The number of ether oxygens (including phenoxy) is 2. The Bertz CT molecular complexity index is 316. The van der Waals surface area contributed by atoms with Gasteiger partial charge in [-0.05, 0) is 36.5 Å².